The molecule has 5 rings (SSSR count). The van der Waals surface area contributed by atoms with Gasteiger partial charge >= 0.3 is 0 Å². The molecule has 2 aromatic heterocycles. The molecule has 0 spiro atoms. The first-order chi connectivity index (χ1) is 17.6. The number of aryl methyl sites for hydroxylation is 1. The first kappa shape index (κ1) is 24.8. The number of thiocarbonyl (C=S) groups is 1. The number of phenolic OH excluding ortho intramolecular Hbond substituents is 1. The number of nitrogens with zero attached hydrogens (tertiary/aromatic N) is 3. The zero-order chi connectivity index (χ0) is 26.3. The van der Waals surface area contributed by atoms with Crippen LogP contribution in [-0.2, 0) is 10.0 Å². The molecule has 1 fully saturated rings. The van der Waals surface area contributed by atoms with Crippen molar-refractivity contribution < 1.29 is 13.5 Å². The Labute approximate surface area is 221 Å². The van der Waals surface area contributed by atoms with Gasteiger partial charge in [0, 0.05) is 29.0 Å². The van der Waals surface area contributed by atoms with Crippen molar-refractivity contribution in [1.29, 1.82) is 0 Å². The third-order valence-corrected chi connectivity index (χ3v) is 7.38. The fraction of sp³-hybridized carbons (Fsp3) is 0.185. The second-order valence-electron chi connectivity index (χ2n) is 9.07. The summed E-state index contributed by atoms with van der Waals surface area (Å²) in [6.07, 6.45) is 2.88. The van der Waals surface area contributed by atoms with Crippen molar-refractivity contribution >= 4 is 38.7 Å². The lowest BCUT2D eigenvalue weighted by Crippen LogP contribution is -2.29. The number of hydrogen-bond acceptors (Lipinski definition) is 5. The van der Waals surface area contributed by atoms with E-state index in [1.807, 2.05) is 65.8 Å². The highest BCUT2D eigenvalue weighted by molar-refractivity contribution is 7.92. The Hall–Kier alpha value is -3.89. The van der Waals surface area contributed by atoms with E-state index >= 15 is 0 Å². The molecule has 8 nitrogen and oxygen atoms in total. The minimum Gasteiger partial charge on any atom is -0.506 e. The van der Waals surface area contributed by atoms with Crippen molar-refractivity contribution in [1.82, 2.24) is 14.9 Å². The number of phenols is 1. The third-order valence-electron chi connectivity index (χ3n) is 6.46. The number of rotatable bonds is 6. The van der Waals surface area contributed by atoms with Crippen LogP contribution in [0.3, 0.4) is 0 Å². The van der Waals surface area contributed by atoms with Gasteiger partial charge in [0.1, 0.15) is 5.75 Å². The lowest BCUT2D eigenvalue weighted by molar-refractivity contribution is 0.471. The van der Waals surface area contributed by atoms with Crippen molar-refractivity contribution in [2.75, 3.05) is 15.9 Å². The first-order valence-electron chi connectivity index (χ1n) is 11.7. The van der Waals surface area contributed by atoms with E-state index < -0.39 is 10.0 Å². The second kappa shape index (κ2) is 9.53. The number of anilines is 2. The molecule has 37 heavy (non-hydrogen) atoms. The van der Waals surface area contributed by atoms with E-state index in [2.05, 4.69) is 21.1 Å². The molecule has 0 radical (unpaired) electrons. The van der Waals surface area contributed by atoms with Gasteiger partial charge < -0.3 is 19.9 Å². The Bertz CT molecular complexity index is 1570. The topological polar surface area (TPSA) is 99.5 Å². The summed E-state index contributed by atoms with van der Waals surface area (Å²) >= 11 is 5.82. The quantitative estimate of drug-likeness (QED) is 0.308. The van der Waals surface area contributed by atoms with E-state index in [0.29, 0.717) is 16.5 Å². The highest BCUT2D eigenvalue weighted by atomic mass is 32.2. The largest absolute Gasteiger partial charge is 0.506 e. The third kappa shape index (κ3) is 4.77. The van der Waals surface area contributed by atoms with Crippen LogP contribution in [0.4, 0.5) is 11.4 Å². The maximum Gasteiger partial charge on any atom is 0.229 e. The number of nitrogens with one attached hydrogen (secondary N) is 2. The van der Waals surface area contributed by atoms with Crippen molar-refractivity contribution in [3.05, 3.63) is 102 Å². The maximum atomic E-state index is 11.7. The molecule has 3 heterocycles. The molecule has 0 unspecified atom stereocenters. The molecule has 3 N–H and O–H groups in total. The van der Waals surface area contributed by atoms with Crippen LogP contribution in [0, 0.1) is 13.8 Å². The summed E-state index contributed by atoms with van der Waals surface area (Å²) < 4.78 is 27.9. The summed E-state index contributed by atoms with van der Waals surface area (Å²) in [7, 11) is -3.39. The Kier molecular flexibility index (Phi) is 6.38. The highest BCUT2D eigenvalue weighted by Gasteiger charge is 2.42. The van der Waals surface area contributed by atoms with Gasteiger partial charge in [-0.1, -0.05) is 18.2 Å². The minimum atomic E-state index is -3.39. The number of aromatic hydroxyl groups is 1. The molecule has 190 valence electrons. The summed E-state index contributed by atoms with van der Waals surface area (Å²) in [6.45, 7) is 4.04. The van der Waals surface area contributed by atoms with Crippen LogP contribution in [0.1, 0.15) is 34.7 Å². The average Bonchev–Trinajstić information content (AvgIpc) is 3.35. The molecular weight excluding hydrogens is 506 g/mol. The van der Waals surface area contributed by atoms with E-state index in [1.54, 1.807) is 30.5 Å². The molecular formula is C27H27N5O3S2. The summed E-state index contributed by atoms with van der Waals surface area (Å²) in [5.41, 5.74) is 5.81. The molecule has 2 aromatic carbocycles. The van der Waals surface area contributed by atoms with E-state index in [4.69, 9.17) is 12.2 Å². The van der Waals surface area contributed by atoms with E-state index in [0.717, 1.165) is 34.6 Å². The lowest BCUT2D eigenvalue weighted by atomic mass is 9.96. The van der Waals surface area contributed by atoms with E-state index in [-0.39, 0.29) is 17.8 Å². The van der Waals surface area contributed by atoms with Gasteiger partial charge in [0.15, 0.2) is 5.11 Å². The van der Waals surface area contributed by atoms with Crippen LogP contribution in [0.15, 0.2) is 79.0 Å². The van der Waals surface area contributed by atoms with Gasteiger partial charge in [0.05, 0.1) is 29.7 Å². The van der Waals surface area contributed by atoms with Crippen LogP contribution in [0.5, 0.6) is 5.75 Å². The fourth-order valence-electron chi connectivity index (χ4n) is 4.96. The molecule has 4 aromatic rings. The number of para-hydroxylation sites is 2. The van der Waals surface area contributed by atoms with Crippen molar-refractivity contribution in [2.45, 2.75) is 25.9 Å². The summed E-state index contributed by atoms with van der Waals surface area (Å²) in [5.74, 6) is 0.197. The van der Waals surface area contributed by atoms with Crippen LogP contribution >= 0.6 is 12.2 Å². The van der Waals surface area contributed by atoms with Crippen LogP contribution in [0.25, 0.3) is 5.69 Å². The second-order valence-corrected chi connectivity index (χ2v) is 11.2. The van der Waals surface area contributed by atoms with E-state index in [9.17, 15) is 13.5 Å². The van der Waals surface area contributed by atoms with Gasteiger partial charge in [-0.3, -0.25) is 9.71 Å². The maximum absolute atomic E-state index is 11.7. The zero-order valence-electron chi connectivity index (χ0n) is 20.6. The van der Waals surface area contributed by atoms with Gasteiger partial charge in [-0.15, -0.1) is 0 Å². The predicted octanol–water partition coefficient (Wildman–Crippen LogP) is 4.74. The Morgan fingerprint density at radius 1 is 1.03 bits per heavy atom. The molecule has 0 aliphatic carbocycles. The SMILES string of the molecule is Cc1cc([C@H]2[C@H](c3ccccn3)NC(=S)N2c2ccc(NS(C)(=O)=O)cc2)c(C)n1-c1ccccc1O. The Morgan fingerprint density at radius 2 is 1.73 bits per heavy atom. The average molecular weight is 534 g/mol. The van der Waals surface area contributed by atoms with E-state index in [1.165, 1.54) is 0 Å². The molecule has 1 aliphatic heterocycles. The van der Waals surface area contributed by atoms with Crippen molar-refractivity contribution in [2.24, 2.45) is 0 Å². The fourth-order valence-corrected chi connectivity index (χ4v) is 5.87. The normalized spacial score (nSPS) is 17.6. The number of aromatic nitrogens is 2. The molecule has 0 amide bonds. The van der Waals surface area contributed by atoms with Gasteiger partial charge in [0.25, 0.3) is 0 Å². The van der Waals surface area contributed by atoms with Crippen molar-refractivity contribution in [3.8, 4) is 11.4 Å². The molecule has 0 saturated carbocycles. The standard InChI is InChI=1S/C27H27N5O3S2/c1-17-16-21(18(2)31(17)23-9-4-5-10-24(23)33)26-25(22-8-6-7-15-28-22)29-27(36)32(26)20-13-11-19(12-14-20)30-37(3,34)35/h4-16,25-26,30,33H,1-3H3,(H,29,36)/t25-,26-/m0/s1. The van der Waals surface area contributed by atoms with Crippen LogP contribution in [0.2, 0.25) is 0 Å². The van der Waals surface area contributed by atoms with Gasteiger partial charge in [0.2, 0.25) is 10.0 Å². The molecule has 0 bridgehead atoms. The van der Waals surface area contributed by atoms with Gasteiger partial charge in [-0.2, -0.15) is 0 Å². The number of pyridine rings is 1. The monoisotopic (exact) mass is 533 g/mol. The molecule has 1 saturated heterocycles. The van der Waals surface area contributed by atoms with Gasteiger partial charge in [-0.05, 0) is 86.2 Å². The number of hydrogen-bond donors (Lipinski definition) is 3. The van der Waals surface area contributed by atoms with Gasteiger partial charge in [-0.25, -0.2) is 8.42 Å². The Morgan fingerprint density at radius 3 is 2.38 bits per heavy atom. The first-order valence-corrected chi connectivity index (χ1v) is 14.0. The molecule has 10 heteroatoms. The smallest absolute Gasteiger partial charge is 0.229 e. The number of benzene rings is 2. The predicted molar refractivity (Wildman–Crippen MR) is 150 cm³/mol. The van der Waals surface area contributed by atoms with Crippen LogP contribution < -0.4 is 14.9 Å². The summed E-state index contributed by atoms with van der Waals surface area (Å²) in [6, 6.07) is 21.8. The summed E-state index contributed by atoms with van der Waals surface area (Å²) in [4.78, 5) is 6.65. The minimum absolute atomic E-state index is 0.197. The van der Waals surface area contributed by atoms with Crippen molar-refractivity contribution in [3.63, 3.8) is 0 Å². The zero-order valence-corrected chi connectivity index (χ0v) is 22.2. The highest BCUT2D eigenvalue weighted by Crippen LogP contribution is 2.44. The molecule has 1 aliphatic rings. The Balaban J connectivity index is 1.64. The lowest BCUT2D eigenvalue weighted by Gasteiger charge is -2.28. The van der Waals surface area contributed by atoms with Crippen LogP contribution in [-0.4, -0.2) is 34.4 Å². The molecule has 2 atom stereocenters. The number of sulfonamides is 1. The summed E-state index contributed by atoms with van der Waals surface area (Å²) in [5, 5.41) is 14.6.